The summed E-state index contributed by atoms with van der Waals surface area (Å²) < 4.78 is 5.01. The molecular formula is C14H20N2OS. The smallest absolute Gasteiger partial charge is 0.132 e. The third kappa shape index (κ3) is 4.02. The molecule has 0 heterocycles. The molecule has 0 fully saturated rings. The van der Waals surface area contributed by atoms with E-state index in [0.717, 1.165) is 30.1 Å². The van der Waals surface area contributed by atoms with E-state index in [0.29, 0.717) is 0 Å². The summed E-state index contributed by atoms with van der Waals surface area (Å²) in [7, 11) is 3.55. The second kappa shape index (κ2) is 8.15. The first-order chi connectivity index (χ1) is 8.79. The third-order valence-electron chi connectivity index (χ3n) is 2.94. The molecule has 0 bridgehead atoms. The Labute approximate surface area is 114 Å². The zero-order valence-corrected chi connectivity index (χ0v) is 11.8. The number of methoxy groups -OCH3 is 1. The summed E-state index contributed by atoms with van der Waals surface area (Å²) >= 11 is 1.81. The highest BCUT2D eigenvalue weighted by Crippen LogP contribution is 2.25. The Kier molecular flexibility index (Phi) is 6.81. The molecule has 1 atom stereocenters. The van der Waals surface area contributed by atoms with Crippen molar-refractivity contribution < 1.29 is 4.74 Å². The molecule has 0 aromatic heterocycles. The van der Waals surface area contributed by atoms with E-state index in [1.165, 1.54) is 0 Å². The third-order valence-corrected chi connectivity index (χ3v) is 3.89. The quantitative estimate of drug-likeness (QED) is 0.732. The summed E-state index contributed by atoms with van der Waals surface area (Å²) in [6, 6.07) is 12.3. The highest BCUT2D eigenvalue weighted by molar-refractivity contribution is 7.99. The molecule has 1 aromatic rings. The maximum Gasteiger partial charge on any atom is 0.132 e. The van der Waals surface area contributed by atoms with Crippen molar-refractivity contribution in [2.75, 3.05) is 32.3 Å². The van der Waals surface area contributed by atoms with Crippen LogP contribution >= 0.6 is 11.8 Å². The number of nitrogens with one attached hydrogen (secondary N) is 1. The van der Waals surface area contributed by atoms with Gasteiger partial charge in [-0.3, -0.25) is 5.32 Å². The van der Waals surface area contributed by atoms with Crippen LogP contribution in [0, 0.1) is 11.3 Å². The molecule has 0 saturated carbocycles. The fraction of sp³-hybridized carbons (Fsp3) is 0.500. The van der Waals surface area contributed by atoms with E-state index in [2.05, 4.69) is 11.4 Å². The Morgan fingerprint density at radius 1 is 1.33 bits per heavy atom. The normalized spacial score (nSPS) is 13.8. The molecule has 0 aliphatic rings. The minimum absolute atomic E-state index is 0.582. The lowest BCUT2D eigenvalue weighted by molar-refractivity contribution is 0.218. The van der Waals surface area contributed by atoms with Crippen LogP contribution in [0.4, 0.5) is 0 Å². The molecule has 0 saturated heterocycles. The van der Waals surface area contributed by atoms with Gasteiger partial charge in [-0.05, 0) is 24.8 Å². The summed E-state index contributed by atoms with van der Waals surface area (Å²) in [4.78, 5) is 0. The zero-order chi connectivity index (χ0) is 13.3. The van der Waals surface area contributed by atoms with Crippen LogP contribution < -0.4 is 5.32 Å². The first-order valence-corrected chi connectivity index (χ1v) is 7.17. The van der Waals surface area contributed by atoms with Crippen LogP contribution in [0.1, 0.15) is 12.0 Å². The van der Waals surface area contributed by atoms with Gasteiger partial charge in [-0.15, -0.1) is 0 Å². The molecule has 0 amide bonds. The summed E-state index contributed by atoms with van der Waals surface area (Å²) in [5, 5.41) is 12.7. The van der Waals surface area contributed by atoms with Crippen molar-refractivity contribution in [2.45, 2.75) is 12.0 Å². The molecule has 0 spiro atoms. The Hall–Kier alpha value is -1.02. The van der Waals surface area contributed by atoms with E-state index < -0.39 is 5.54 Å². The molecule has 4 heteroatoms. The number of rotatable bonds is 8. The van der Waals surface area contributed by atoms with E-state index in [9.17, 15) is 5.26 Å². The van der Waals surface area contributed by atoms with Crippen LogP contribution in [0.15, 0.2) is 30.3 Å². The predicted molar refractivity (Wildman–Crippen MR) is 76.6 cm³/mol. The van der Waals surface area contributed by atoms with Gasteiger partial charge in [-0.1, -0.05) is 30.3 Å². The van der Waals surface area contributed by atoms with Crippen molar-refractivity contribution in [1.82, 2.24) is 5.32 Å². The number of benzene rings is 1. The van der Waals surface area contributed by atoms with Gasteiger partial charge in [0.15, 0.2) is 0 Å². The van der Waals surface area contributed by atoms with E-state index >= 15 is 0 Å². The molecule has 1 rings (SSSR count). The van der Waals surface area contributed by atoms with Gasteiger partial charge in [0, 0.05) is 12.9 Å². The standard InChI is InChI=1S/C14H20N2OS/c1-16-14(12-15,8-10-18-11-9-17-2)13-6-4-3-5-7-13/h3-7,16H,8-11H2,1-2H3. The van der Waals surface area contributed by atoms with Gasteiger partial charge in [0.2, 0.25) is 0 Å². The first kappa shape index (κ1) is 15.0. The van der Waals surface area contributed by atoms with Crippen LogP contribution in [-0.4, -0.2) is 32.3 Å². The topological polar surface area (TPSA) is 45.0 Å². The lowest BCUT2D eigenvalue weighted by Crippen LogP contribution is -2.39. The number of ether oxygens (including phenoxy) is 1. The highest BCUT2D eigenvalue weighted by atomic mass is 32.2. The molecule has 3 nitrogen and oxygen atoms in total. The van der Waals surface area contributed by atoms with Crippen molar-refractivity contribution in [3.8, 4) is 6.07 Å². The monoisotopic (exact) mass is 264 g/mol. The number of thioether (sulfide) groups is 1. The molecule has 98 valence electrons. The molecule has 1 unspecified atom stereocenters. The maximum atomic E-state index is 9.49. The van der Waals surface area contributed by atoms with Crippen LogP contribution in [0.3, 0.4) is 0 Å². The van der Waals surface area contributed by atoms with Gasteiger partial charge >= 0.3 is 0 Å². The second-order valence-corrected chi connectivity index (χ2v) is 5.21. The fourth-order valence-corrected chi connectivity index (χ4v) is 2.72. The average molecular weight is 264 g/mol. The van der Waals surface area contributed by atoms with Gasteiger partial charge in [0.05, 0.1) is 12.7 Å². The largest absolute Gasteiger partial charge is 0.384 e. The molecule has 18 heavy (non-hydrogen) atoms. The molecule has 0 aliphatic heterocycles. The first-order valence-electron chi connectivity index (χ1n) is 6.01. The lowest BCUT2D eigenvalue weighted by Gasteiger charge is -2.26. The summed E-state index contributed by atoms with van der Waals surface area (Å²) in [6.07, 6.45) is 0.790. The van der Waals surface area contributed by atoms with E-state index in [1.807, 2.05) is 49.1 Å². The van der Waals surface area contributed by atoms with E-state index in [-0.39, 0.29) is 0 Å². The Morgan fingerprint density at radius 2 is 2.06 bits per heavy atom. The maximum absolute atomic E-state index is 9.49. The summed E-state index contributed by atoms with van der Waals surface area (Å²) in [5.74, 6) is 1.91. The average Bonchev–Trinajstić information content (AvgIpc) is 2.44. The van der Waals surface area contributed by atoms with Crippen LogP contribution in [-0.2, 0) is 10.3 Å². The van der Waals surface area contributed by atoms with Gasteiger partial charge < -0.3 is 4.74 Å². The molecule has 0 aliphatic carbocycles. The molecule has 1 aromatic carbocycles. The van der Waals surface area contributed by atoms with Gasteiger partial charge in [-0.25, -0.2) is 0 Å². The van der Waals surface area contributed by atoms with Crippen LogP contribution in [0.2, 0.25) is 0 Å². The number of nitrogens with zero attached hydrogens (tertiary/aromatic N) is 1. The van der Waals surface area contributed by atoms with Crippen molar-refractivity contribution in [3.05, 3.63) is 35.9 Å². The van der Waals surface area contributed by atoms with Crippen LogP contribution in [0.5, 0.6) is 0 Å². The minimum Gasteiger partial charge on any atom is -0.384 e. The molecule has 1 N–H and O–H groups in total. The van der Waals surface area contributed by atoms with Crippen molar-refractivity contribution >= 4 is 11.8 Å². The van der Waals surface area contributed by atoms with Crippen LogP contribution in [0.25, 0.3) is 0 Å². The van der Waals surface area contributed by atoms with Gasteiger partial charge in [0.25, 0.3) is 0 Å². The lowest BCUT2D eigenvalue weighted by atomic mass is 9.89. The highest BCUT2D eigenvalue weighted by Gasteiger charge is 2.29. The Bertz CT molecular complexity index is 377. The summed E-state index contributed by atoms with van der Waals surface area (Å²) in [6.45, 7) is 0.759. The van der Waals surface area contributed by atoms with Gasteiger partial charge in [-0.2, -0.15) is 17.0 Å². The molecular weight excluding hydrogens is 244 g/mol. The Balaban J connectivity index is 2.62. The Morgan fingerprint density at radius 3 is 2.61 bits per heavy atom. The minimum atomic E-state index is -0.582. The second-order valence-electron chi connectivity index (χ2n) is 3.99. The van der Waals surface area contributed by atoms with Crippen molar-refractivity contribution in [1.29, 1.82) is 5.26 Å². The van der Waals surface area contributed by atoms with Crippen molar-refractivity contribution in [3.63, 3.8) is 0 Å². The van der Waals surface area contributed by atoms with Gasteiger partial charge in [0.1, 0.15) is 5.54 Å². The van der Waals surface area contributed by atoms with Crippen molar-refractivity contribution in [2.24, 2.45) is 0 Å². The zero-order valence-electron chi connectivity index (χ0n) is 11.0. The number of hydrogen-bond acceptors (Lipinski definition) is 4. The predicted octanol–water partition coefficient (Wildman–Crippen LogP) is 2.39. The molecule has 0 radical (unpaired) electrons. The van der Waals surface area contributed by atoms with E-state index in [1.54, 1.807) is 7.11 Å². The summed E-state index contributed by atoms with van der Waals surface area (Å²) in [5.41, 5.74) is 0.448. The number of nitriles is 1. The fourth-order valence-electron chi connectivity index (χ4n) is 1.78. The SMILES string of the molecule is CNC(C#N)(CCSCCOC)c1ccccc1. The van der Waals surface area contributed by atoms with E-state index in [4.69, 9.17) is 4.74 Å². The number of hydrogen-bond donors (Lipinski definition) is 1.